The predicted molar refractivity (Wildman–Crippen MR) is 64.1 cm³/mol. The second-order valence-electron chi connectivity index (χ2n) is 4.34. The lowest BCUT2D eigenvalue weighted by atomic mass is 10.3. The van der Waals surface area contributed by atoms with Gasteiger partial charge in [0.25, 0.3) is 0 Å². The third kappa shape index (κ3) is 4.73. The average Bonchev–Trinajstić information content (AvgIpc) is 3.13. The molecule has 1 aromatic rings. The maximum atomic E-state index is 5.54. The number of nitrogens with zero attached hydrogens (tertiary/aromatic N) is 1. The van der Waals surface area contributed by atoms with Gasteiger partial charge in [0.1, 0.15) is 0 Å². The van der Waals surface area contributed by atoms with Crippen LogP contribution in [0.4, 0.5) is 0 Å². The summed E-state index contributed by atoms with van der Waals surface area (Å²) in [6, 6.07) is 5.97. The molecule has 16 heavy (non-hydrogen) atoms. The molecule has 0 amide bonds. The van der Waals surface area contributed by atoms with Crippen LogP contribution in [0.15, 0.2) is 24.4 Å². The topological polar surface area (TPSA) is 34.1 Å². The standard InChI is InChI=1S/C13H20N2O/c1-2-7-15-13(3-1)11-14-8-10-16-9-6-12-4-5-12/h1-3,7,12,14H,4-6,8-11H2. The Bertz CT molecular complexity index is 285. The lowest BCUT2D eigenvalue weighted by Gasteiger charge is -2.05. The van der Waals surface area contributed by atoms with E-state index < -0.39 is 0 Å². The molecule has 0 aromatic carbocycles. The molecule has 1 saturated carbocycles. The van der Waals surface area contributed by atoms with Crippen LogP contribution in [0.3, 0.4) is 0 Å². The molecule has 1 heterocycles. The lowest BCUT2D eigenvalue weighted by molar-refractivity contribution is 0.129. The van der Waals surface area contributed by atoms with Gasteiger partial charge in [-0.3, -0.25) is 4.98 Å². The van der Waals surface area contributed by atoms with Gasteiger partial charge in [0.05, 0.1) is 12.3 Å². The number of hydrogen-bond donors (Lipinski definition) is 1. The van der Waals surface area contributed by atoms with E-state index in [-0.39, 0.29) is 0 Å². The average molecular weight is 220 g/mol. The minimum atomic E-state index is 0.805. The predicted octanol–water partition coefficient (Wildman–Crippen LogP) is 1.99. The third-order valence-corrected chi connectivity index (χ3v) is 2.82. The highest BCUT2D eigenvalue weighted by atomic mass is 16.5. The van der Waals surface area contributed by atoms with E-state index in [0.717, 1.165) is 37.9 Å². The fourth-order valence-corrected chi connectivity index (χ4v) is 1.62. The van der Waals surface area contributed by atoms with Gasteiger partial charge in [-0.1, -0.05) is 18.9 Å². The van der Waals surface area contributed by atoms with Gasteiger partial charge in [-0.25, -0.2) is 0 Å². The highest BCUT2D eigenvalue weighted by Crippen LogP contribution is 2.31. The van der Waals surface area contributed by atoms with E-state index in [2.05, 4.69) is 10.3 Å². The molecule has 0 aliphatic heterocycles. The van der Waals surface area contributed by atoms with E-state index in [4.69, 9.17) is 4.74 Å². The number of ether oxygens (including phenoxy) is 1. The summed E-state index contributed by atoms with van der Waals surface area (Å²) in [5.41, 5.74) is 1.08. The molecule has 0 spiro atoms. The molecule has 1 N–H and O–H groups in total. The SMILES string of the molecule is c1ccc(CNCCOCCC2CC2)nc1. The Labute approximate surface area is 97.2 Å². The second-order valence-corrected chi connectivity index (χ2v) is 4.34. The molecular formula is C13H20N2O. The Kier molecular flexibility index (Phi) is 4.77. The maximum absolute atomic E-state index is 5.54. The van der Waals surface area contributed by atoms with Crippen molar-refractivity contribution in [1.29, 1.82) is 0 Å². The van der Waals surface area contributed by atoms with Crippen molar-refractivity contribution in [2.45, 2.75) is 25.8 Å². The van der Waals surface area contributed by atoms with Crippen molar-refractivity contribution >= 4 is 0 Å². The zero-order valence-corrected chi connectivity index (χ0v) is 9.69. The summed E-state index contributed by atoms with van der Waals surface area (Å²) in [5, 5.41) is 3.32. The van der Waals surface area contributed by atoms with Gasteiger partial charge in [-0.15, -0.1) is 0 Å². The Morgan fingerprint density at radius 2 is 2.25 bits per heavy atom. The first-order chi connectivity index (χ1) is 7.95. The van der Waals surface area contributed by atoms with Gasteiger partial charge in [-0.05, 0) is 24.5 Å². The van der Waals surface area contributed by atoms with Gasteiger partial charge >= 0.3 is 0 Å². The van der Waals surface area contributed by atoms with Gasteiger partial charge in [0.15, 0.2) is 0 Å². The Morgan fingerprint density at radius 1 is 1.31 bits per heavy atom. The van der Waals surface area contributed by atoms with Crippen molar-refractivity contribution < 1.29 is 4.74 Å². The monoisotopic (exact) mass is 220 g/mol. The molecule has 1 fully saturated rings. The van der Waals surface area contributed by atoms with E-state index in [0.29, 0.717) is 0 Å². The van der Waals surface area contributed by atoms with Crippen LogP contribution in [-0.4, -0.2) is 24.7 Å². The largest absolute Gasteiger partial charge is 0.380 e. The van der Waals surface area contributed by atoms with Crippen molar-refractivity contribution in [2.24, 2.45) is 5.92 Å². The van der Waals surface area contributed by atoms with E-state index in [1.807, 2.05) is 24.4 Å². The minimum Gasteiger partial charge on any atom is -0.380 e. The Hall–Kier alpha value is -0.930. The van der Waals surface area contributed by atoms with Crippen LogP contribution in [0.25, 0.3) is 0 Å². The summed E-state index contributed by atoms with van der Waals surface area (Å²) in [7, 11) is 0. The van der Waals surface area contributed by atoms with E-state index in [1.54, 1.807) is 0 Å². The summed E-state index contributed by atoms with van der Waals surface area (Å²) in [4.78, 5) is 4.24. The molecule has 0 bridgehead atoms. The molecule has 1 aliphatic carbocycles. The first-order valence-electron chi connectivity index (χ1n) is 6.13. The molecule has 1 aromatic heterocycles. The zero-order valence-electron chi connectivity index (χ0n) is 9.69. The maximum Gasteiger partial charge on any atom is 0.0591 e. The van der Waals surface area contributed by atoms with E-state index in [9.17, 15) is 0 Å². The first kappa shape index (κ1) is 11.6. The normalized spacial score (nSPS) is 15.2. The fourth-order valence-electron chi connectivity index (χ4n) is 1.62. The van der Waals surface area contributed by atoms with Gasteiger partial charge in [-0.2, -0.15) is 0 Å². The molecule has 0 atom stereocenters. The summed E-state index contributed by atoms with van der Waals surface area (Å²) in [5.74, 6) is 0.974. The van der Waals surface area contributed by atoms with Crippen LogP contribution in [0.2, 0.25) is 0 Å². The number of rotatable bonds is 8. The van der Waals surface area contributed by atoms with Crippen molar-refractivity contribution in [3.05, 3.63) is 30.1 Å². The molecule has 1 aliphatic rings. The van der Waals surface area contributed by atoms with Crippen molar-refractivity contribution in [2.75, 3.05) is 19.8 Å². The molecule has 88 valence electrons. The highest BCUT2D eigenvalue weighted by Gasteiger charge is 2.20. The minimum absolute atomic E-state index is 0.805. The summed E-state index contributed by atoms with van der Waals surface area (Å²) in [6.07, 6.45) is 5.91. The van der Waals surface area contributed by atoms with Crippen LogP contribution < -0.4 is 5.32 Å². The number of pyridine rings is 1. The van der Waals surface area contributed by atoms with Crippen molar-refractivity contribution in [3.63, 3.8) is 0 Å². The van der Waals surface area contributed by atoms with Gasteiger partial charge in [0, 0.05) is 25.9 Å². The molecular weight excluding hydrogens is 200 g/mol. The zero-order chi connectivity index (χ0) is 11.1. The van der Waals surface area contributed by atoms with Gasteiger partial charge in [0.2, 0.25) is 0 Å². The molecule has 0 saturated heterocycles. The van der Waals surface area contributed by atoms with Gasteiger partial charge < -0.3 is 10.1 Å². The lowest BCUT2D eigenvalue weighted by Crippen LogP contribution is -2.20. The van der Waals surface area contributed by atoms with E-state index >= 15 is 0 Å². The highest BCUT2D eigenvalue weighted by molar-refractivity contribution is 5.02. The molecule has 3 heteroatoms. The van der Waals surface area contributed by atoms with Crippen LogP contribution in [-0.2, 0) is 11.3 Å². The smallest absolute Gasteiger partial charge is 0.0591 e. The van der Waals surface area contributed by atoms with Crippen LogP contribution >= 0.6 is 0 Å². The summed E-state index contributed by atoms with van der Waals surface area (Å²) >= 11 is 0. The Morgan fingerprint density at radius 3 is 3.00 bits per heavy atom. The molecule has 3 nitrogen and oxygen atoms in total. The second kappa shape index (κ2) is 6.61. The Balaban J connectivity index is 1.42. The quantitative estimate of drug-likeness (QED) is 0.680. The molecule has 2 rings (SSSR count). The number of aromatic nitrogens is 1. The summed E-state index contributed by atoms with van der Waals surface area (Å²) < 4.78 is 5.54. The molecule has 0 radical (unpaired) electrons. The number of nitrogens with one attached hydrogen (secondary N) is 1. The number of hydrogen-bond acceptors (Lipinski definition) is 3. The third-order valence-electron chi connectivity index (χ3n) is 2.82. The van der Waals surface area contributed by atoms with Crippen LogP contribution in [0.5, 0.6) is 0 Å². The molecule has 0 unspecified atom stereocenters. The van der Waals surface area contributed by atoms with Crippen LogP contribution in [0, 0.1) is 5.92 Å². The van der Waals surface area contributed by atoms with E-state index in [1.165, 1.54) is 19.3 Å². The van der Waals surface area contributed by atoms with Crippen molar-refractivity contribution in [1.82, 2.24) is 10.3 Å². The first-order valence-corrected chi connectivity index (χ1v) is 6.13. The van der Waals surface area contributed by atoms with Crippen LogP contribution in [0.1, 0.15) is 25.0 Å². The van der Waals surface area contributed by atoms with Crippen molar-refractivity contribution in [3.8, 4) is 0 Å². The summed E-state index contributed by atoms with van der Waals surface area (Å²) in [6.45, 7) is 3.46. The fraction of sp³-hybridized carbons (Fsp3) is 0.615.